The Morgan fingerprint density at radius 3 is 2.62 bits per heavy atom. The number of nitrogens with two attached hydrogens (primary N) is 1. The zero-order valence-electron chi connectivity index (χ0n) is 12.6. The van der Waals surface area contributed by atoms with Crippen LogP contribution in [0.2, 0.25) is 0 Å². The van der Waals surface area contributed by atoms with Crippen LogP contribution in [0.15, 0.2) is 47.1 Å². The molecule has 4 heteroatoms. The zero-order valence-corrected chi connectivity index (χ0v) is 14.2. The first-order valence-electron chi connectivity index (χ1n) is 7.25. The molecular weight excluding hydrogens is 326 g/mol. The summed E-state index contributed by atoms with van der Waals surface area (Å²) < 4.78 is 1.13. The Morgan fingerprint density at radius 2 is 2.00 bits per heavy atom. The number of pyridine rings is 1. The molecule has 0 radical (unpaired) electrons. The molecule has 0 saturated heterocycles. The van der Waals surface area contributed by atoms with Crippen molar-refractivity contribution in [2.24, 2.45) is 5.73 Å². The van der Waals surface area contributed by atoms with Crippen LogP contribution in [0.1, 0.15) is 24.5 Å². The first-order chi connectivity index (χ1) is 10.1. The number of anilines is 1. The summed E-state index contributed by atoms with van der Waals surface area (Å²) in [6, 6.07) is 12.7. The van der Waals surface area contributed by atoms with Crippen LogP contribution in [-0.2, 0) is 13.0 Å². The van der Waals surface area contributed by atoms with Gasteiger partial charge in [-0.3, -0.25) is 0 Å². The Kier molecular flexibility index (Phi) is 5.76. The average molecular weight is 348 g/mol. The van der Waals surface area contributed by atoms with Gasteiger partial charge in [0.25, 0.3) is 0 Å². The van der Waals surface area contributed by atoms with Crippen molar-refractivity contribution in [3.05, 3.63) is 58.2 Å². The Balaban J connectivity index is 2.03. The van der Waals surface area contributed by atoms with Crippen molar-refractivity contribution in [2.45, 2.75) is 32.4 Å². The highest BCUT2D eigenvalue weighted by Gasteiger charge is 2.07. The van der Waals surface area contributed by atoms with Crippen LogP contribution in [-0.4, -0.2) is 18.1 Å². The Hall–Kier alpha value is -1.39. The lowest BCUT2D eigenvalue weighted by Crippen LogP contribution is -2.22. The Bertz CT molecular complexity index is 569. The van der Waals surface area contributed by atoms with Gasteiger partial charge in [-0.25, -0.2) is 4.98 Å². The van der Waals surface area contributed by atoms with Crippen LogP contribution >= 0.6 is 15.9 Å². The van der Waals surface area contributed by atoms with Crippen LogP contribution in [0.4, 0.5) is 5.82 Å². The SMILES string of the molecule is CCC(N)Cc1ccc(N(C)Cc2ccccc2Br)nc1. The summed E-state index contributed by atoms with van der Waals surface area (Å²) in [6.45, 7) is 2.93. The van der Waals surface area contributed by atoms with Crippen molar-refractivity contribution >= 4 is 21.7 Å². The fourth-order valence-corrected chi connectivity index (χ4v) is 2.58. The summed E-state index contributed by atoms with van der Waals surface area (Å²) in [4.78, 5) is 6.69. The molecular formula is C17H22BrN3. The van der Waals surface area contributed by atoms with Crippen LogP contribution in [0.25, 0.3) is 0 Å². The van der Waals surface area contributed by atoms with E-state index in [0.717, 1.165) is 29.7 Å². The third-order valence-corrected chi connectivity index (χ3v) is 4.36. The third-order valence-electron chi connectivity index (χ3n) is 3.59. The summed E-state index contributed by atoms with van der Waals surface area (Å²) in [5.74, 6) is 0.972. The van der Waals surface area contributed by atoms with Crippen LogP contribution in [0, 0.1) is 0 Å². The van der Waals surface area contributed by atoms with Gasteiger partial charge in [0.1, 0.15) is 5.82 Å². The van der Waals surface area contributed by atoms with E-state index in [-0.39, 0.29) is 6.04 Å². The molecule has 0 amide bonds. The van der Waals surface area contributed by atoms with Gasteiger partial charge < -0.3 is 10.6 Å². The fourth-order valence-electron chi connectivity index (χ4n) is 2.17. The van der Waals surface area contributed by atoms with Gasteiger partial charge in [-0.05, 0) is 36.1 Å². The lowest BCUT2D eigenvalue weighted by molar-refractivity contribution is 0.645. The quantitative estimate of drug-likeness (QED) is 0.864. The van der Waals surface area contributed by atoms with Gasteiger partial charge in [-0.1, -0.05) is 47.1 Å². The van der Waals surface area contributed by atoms with Gasteiger partial charge >= 0.3 is 0 Å². The number of halogens is 1. The van der Waals surface area contributed by atoms with E-state index in [1.165, 1.54) is 11.1 Å². The second-order valence-corrected chi connectivity index (χ2v) is 6.20. The number of benzene rings is 1. The maximum atomic E-state index is 5.98. The van der Waals surface area contributed by atoms with E-state index >= 15 is 0 Å². The van der Waals surface area contributed by atoms with Gasteiger partial charge in [-0.2, -0.15) is 0 Å². The molecule has 1 unspecified atom stereocenters. The van der Waals surface area contributed by atoms with Gasteiger partial charge in [-0.15, -0.1) is 0 Å². The van der Waals surface area contributed by atoms with E-state index in [9.17, 15) is 0 Å². The molecule has 2 aromatic rings. The highest BCUT2D eigenvalue weighted by molar-refractivity contribution is 9.10. The van der Waals surface area contributed by atoms with Gasteiger partial charge in [0.15, 0.2) is 0 Å². The maximum Gasteiger partial charge on any atom is 0.128 e. The lowest BCUT2D eigenvalue weighted by atomic mass is 10.1. The fraction of sp³-hybridized carbons (Fsp3) is 0.353. The molecule has 1 atom stereocenters. The largest absolute Gasteiger partial charge is 0.355 e. The van der Waals surface area contributed by atoms with Crippen molar-refractivity contribution < 1.29 is 0 Å². The maximum absolute atomic E-state index is 5.98. The van der Waals surface area contributed by atoms with Crippen molar-refractivity contribution in [1.82, 2.24) is 4.98 Å². The summed E-state index contributed by atoms with van der Waals surface area (Å²) in [5, 5.41) is 0. The molecule has 0 aliphatic carbocycles. The minimum atomic E-state index is 0.218. The third kappa shape index (κ3) is 4.55. The number of hydrogen-bond donors (Lipinski definition) is 1. The summed E-state index contributed by atoms with van der Waals surface area (Å²) in [5.41, 5.74) is 8.42. The summed E-state index contributed by atoms with van der Waals surface area (Å²) in [6.07, 6.45) is 3.81. The van der Waals surface area contributed by atoms with Crippen LogP contribution < -0.4 is 10.6 Å². The predicted molar refractivity (Wildman–Crippen MR) is 92.5 cm³/mol. The summed E-state index contributed by atoms with van der Waals surface area (Å²) in [7, 11) is 2.05. The smallest absolute Gasteiger partial charge is 0.128 e. The Labute approximate surface area is 135 Å². The number of rotatable bonds is 6. The molecule has 2 N–H and O–H groups in total. The van der Waals surface area contributed by atoms with Crippen LogP contribution in [0.3, 0.4) is 0 Å². The molecule has 0 aliphatic heterocycles. The normalized spacial score (nSPS) is 12.2. The Morgan fingerprint density at radius 1 is 1.24 bits per heavy atom. The molecule has 0 bridgehead atoms. The number of nitrogens with zero attached hydrogens (tertiary/aromatic N) is 2. The topological polar surface area (TPSA) is 42.1 Å². The minimum absolute atomic E-state index is 0.218. The molecule has 21 heavy (non-hydrogen) atoms. The predicted octanol–water partition coefficient (Wildman–Crippen LogP) is 3.76. The molecule has 112 valence electrons. The molecule has 1 aromatic heterocycles. The molecule has 0 aliphatic rings. The molecule has 0 saturated carbocycles. The van der Waals surface area contributed by atoms with E-state index < -0.39 is 0 Å². The zero-order chi connectivity index (χ0) is 15.2. The van der Waals surface area contributed by atoms with E-state index in [1.54, 1.807) is 0 Å². The van der Waals surface area contributed by atoms with Gasteiger partial charge in [0, 0.05) is 30.3 Å². The van der Waals surface area contributed by atoms with E-state index in [0.29, 0.717) is 0 Å². The highest BCUT2D eigenvalue weighted by Crippen LogP contribution is 2.20. The van der Waals surface area contributed by atoms with E-state index in [2.05, 4.69) is 70.1 Å². The van der Waals surface area contributed by atoms with Crippen LogP contribution in [0.5, 0.6) is 0 Å². The number of hydrogen-bond acceptors (Lipinski definition) is 3. The molecule has 3 nitrogen and oxygen atoms in total. The summed E-state index contributed by atoms with van der Waals surface area (Å²) >= 11 is 3.58. The molecule has 1 aromatic carbocycles. The minimum Gasteiger partial charge on any atom is -0.355 e. The van der Waals surface area contributed by atoms with E-state index in [4.69, 9.17) is 5.73 Å². The van der Waals surface area contributed by atoms with Crippen molar-refractivity contribution in [3.63, 3.8) is 0 Å². The lowest BCUT2D eigenvalue weighted by Gasteiger charge is -2.19. The molecule has 0 fully saturated rings. The monoisotopic (exact) mass is 347 g/mol. The first kappa shape index (κ1) is 16.0. The molecule has 1 heterocycles. The highest BCUT2D eigenvalue weighted by atomic mass is 79.9. The average Bonchev–Trinajstić information content (AvgIpc) is 2.50. The number of aromatic nitrogens is 1. The first-order valence-corrected chi connectivity index (χ1v) is 8.04. The second kappa shape index (κ2) is 7.57. The van der Waals surface area contributed by atoms with Crippen molar-refractivity contribution in [1.29, 1.82) is 0 Å². The van der Waals surface area contributed by atoms with Crippen molar-refractivity contribution in [3.8, 4) is 0 Å². The standard InChI is InChI=1S/C17H22BrN3/c1-3-15(19)10-13-8-9-17(20-11-13)21(2)12-14-6-4-5-7-16(14)18/h4-9,11,15H,3,10,12,19H2,1-2H3. The molecule has 0 spiro atoms. The van der Waals surface area contributed by atoms with Gasteiger partial charge in [0.05, 0.1) is 0 Å². The van der Waals surface area contributed by atoms with Crippen molar-refractivity contribution in [2.75, 3.05) is 11.9 Å². The van der Waals surface area contributed by atoms with E-state index in [1.807, 2.05) is 12.3 Å². The second-order valence-electron chi connectivity index (χ2n) is 5.34. The molecule has 2 rings (SSSR count). The van der Waals surface area contributed by atoms with Gasteiger partial charge in [0.2, 0.25) is 0 Å².